The van der Waals surface area contributed by atoms with Gasteiger partial charge in [0.25, 0.3) is 5.69 Å². The largest absolute Gasteiger partial charge is 0.281 e. The number of pyridine rings is 1. The van der Waals surface area contributed by atoms with Gasteiger partial charge in [0, 0.05) is 17.1 Å². The maximum absolute atomic E-state index is 11.4. The molecule has 1 unspecified atom stereocenters. The first-order valence-electron chi connectivity index (χ1n) is 6.46. The number of alkyl halides is 1. The second kappa shape index (κ2) is 5.37. The monoisotopic (exact) mass is 292 g/mol. The summed E-state index contributed by atoms with van der Waals surface area (Å²) in [5, 5.41) is 11.8. The normalized spacial score (nSPS) is 13.4. The van der Waals surface area contributed by atoms with Crippen molar-refractivity contribution in [2.24, 2.45) is 5.41 Å². The Balaban J connectivity index is 2.54. The lowest BCUT2D eigenvalue weighted by atomic mass is 9.87. The molecule has 0 amide bonds. The third-order valence-corrected chi connectivity index (χ3v) is 4.17. The summed E-state index contributed by atoms with van der Waals surface area (Å²) < 4.78 is 0. The summed E-state index contributed by atoms with van der Waals surface area (Å²) in [6.45, 7) is 6.08. The van der Waals surface area contributed by atoms with Crippen LogP contribution >= 0.6 is 11.6 Å². The fourth-order valence-electron chi connectivity index (χ4n) is 2.06. The molecule has 0 spiro atoms. The second-order valence-corrected chi connectivity index (χ2v) is 6.47. The zero-order valence-corrected chi connectivity index (χ0v) is 12.5. The minimum atomic E-state index is -0.342. The summed E-state index contributed by atoms with van der Waals surface area (Å²) >= 11 is 6.38. The first-order valence-corrected chi connectivity index (χ1v) is 6.89. The van der Waals surface area contributed by atoms with Gasteiger partial charge in [0.2, 0.25) is 0 Å². The van der Waals surface area contributed by atoms with E-state index in [0.29, 0.717) is 22.9 Å². The SMILES string of the molecule is CC(C)(C)C(Cl)Cc1ccc2ncccc2c1[N+](=O)[O-]. The van der Waals surface area contributed by atoms with E-state index in [1.54, 1.807) is 24.4 Å². The molecule has 2 aromatic rings. The van der Waals surface area contributed by atoms with Crippen LogP contribution in [-0.4, -0.2) is 15.3 Å². The lowest BCUT2D eigenvalue weighted by molar-refractivity contribution is -0.383. The topological polar surface area (TPSA) is 56.0 Å². The summed E-state index contributed by atoms with van der Waals surface area (Å²) in [6.07, 6.45) is 2.09. The lowest BCUT2D eigenvalue weighted by Crippen LogP contribution is -2.23. The molecule has 0 aliphatic rings. The fourth-order valence-corrected chi connectivity index (χ4v) is 2.23. The van der Waals surface area contributed by atoms with Gasteiger partial charge in [-0.15, -0.1) is 11.6 Å². The van der Waals surface area contributed by atoms with Gasteiger partial charge in [-0.2, -0.15) is 0 Å². The third kappa shape index (κ3) is 2.90. The van der Waals surface area contributed by atoms with E-state index in [2.05, 4.69) is 4.98 Å². The number of nitro benzene ring substituents is 1. The molecule has 1 aromatic carbocycles. The molecule has 0 saturated carbocycles. The standard InChI is InChI=1S/C15H17ClN2O2/c1-15(2,3)13(16)9-10-6-7-12-11(5-4-8-17-12)14(10)18(19)20/h4-8,13H,9H2,1-3H3. The molecule has 0 saturated heterocycles. The highest BCUT2D eigenvalue weighted by Crippen LogP contribution is 2.34. The van der Waals surface area contributed by atoms with Crippen LogP contribution in [0.4, 0.5) is 5.69 Å². The Hall–Kier alpha value is -1.68. The molecule has 4 nitrogen and oxygen atoms in total. The molecule has 5 heteroatoms. The van der Waals surface area contributed by atoms with E-state index >= 15 is 0 Å². The van der Waals surface area contributed by atoms with Gasteiger partial charge in [-0.3, -0.25) is 15.1 Å². The maximum atomic E-state index is 11.4. The minimum Gasteiger partial charge on any atom is -0.258 e. The molecular weight excluding hydrogens is 276 g/mol. The highest BCUT2D eigenvalue weighted by Gasteiger charge is 2.27. The Morgan fingerprint density at radius 1 is 1.35 bits per heavy atom. The molecule has 2 rings (SSSR count). The maximum Gasteiger partial charge on any atom is 0.281 e. The van der Waals surface area contributed by atoms with E-state index in [-0.39, 0.29) is 21.4 Å². The molecule has 106 valence electrons. The van der Waals surface area contributed by atoms with E-state index in [0.717, 1.165) is 0 Å². The van der Waals surface area contributed by atoms with Gasteiger partial charge >= 0.3 is 0 Å². The van der Waals surface area contributed by atoms with E-state index < -0.39 is 0 Å². The average molecular weight is 293 g/mol. The van der Waals surface area contributed by atoms with Gasteiger partial charge in [-0.25, -0.2) is 0 Å². The Bertz CT molecular complexity index is 650. The van der Waals surface area contributed by atoms with Gasteiger partial charge in [0.1, 0.15) is 0 Å². The Morgan fingerprint density at radius 2 is 2.05 bits per heavy atom. The van der Waals surface area contributed by atoms with Crippen molar-refractivity contribution in [1.82, 2.24) is 4.98 Å². The molecular formula is C15H17ClN2O2. The summed E-state index contributed by atoms with van der Waals surface area (Å²) in [5.74, 6) is 0. The van der Waals surface area contributed by atoms with Crippen LogP contribution in [0.3, 0.4) is 0 Å². The van der Waals surface area contributed by atoms with Crippen LogP contribution in [0.5, 0.6) is 0 Å². The summed E-state index contributed by atoms with van der Waals surface area (Å²) in [4.78, 5) is 15.2. The first kappa shape index (κ1) is 14.7. The minimum absolute atomic E-state index is 0.112. The summed E-state index contributed by atoms with van der Waals surface area (Å²) in [6, 6.07) is 7.00. The van der Waals surface area contributed by atoms with Crippen LogP contribution < -0.4 is 0 Å². The number of fused-ring (bicyclic) bond motifs is 1. The van der Waals surface area contributed by atoms with E-state index in [1.165, 1.54) is 0 Å². The predicted octanol–water partition coefficient (Wildman–Crippen LogP) is 4.34. The highest BCUT2D eigenvalue weighted by atomic mass is 35.5. The number of aromatic nitrogens is 1. The number of hydrogen-bond donors (Lipinski definition) is 0. The smallest absolute Gasteiger partial charge is 0.258 e. The molecule has 20 heavy (non-hydrogen) atoms. The summed E-state index contributed by atoms with van der Waals surface area (Å²) in [7, 11) is 0. The van der Waals surface area contributed by atoms with Crippen molar-refractivity contribution >= 4 is 28.2 Å². The zero-order valence-electron chi connectivity index (χ0n) is 11.8. The van der Waals surface area contributed by atoms with Crippen molar-refractivity contribution in [2.45, 2.75) is 32.6 Å². The van der Waals surface area contributed by atoms with Crippen LogP contribution in [0.25, 0.3) is 10.9 Å². The van der Waals surface area contributed by atoms with Crippen LogP contribution in [0.2, 0.25) is 0 Å². The number of nitro groups is 1. The number of halogens is 1. The van der Waals surface area contributed by atoms with Crippen molar-refractivity contribution in [3.05, 3.63) is 46.1 Å². The number of nitrogens with zero attached hydrogens (tertiary/aromatic N) is 2. The van der Waals surface area contributed by atoms with E-state index in [1.807, 2.05) is 26.8 Å². The van der Waals surface area contributed by atoms with Gasteiger partial charge in [0.05, 0.1) is 15.8 Å². The van der Waals surface area contributed by atoms with Crippen LogP contribution in [0, 0.1) is 15.5 Å². The molecule has 0 fully saturated rings. The zero-order chi connectivity index (χ0) is 14.9. The van der Waals surface area contributed by atoms with Gasteiger partial charge in [0.15, 0.2) is 0 Å². The first-order chi connectivity index (χ1) is 9.30. The van der Waals surface area contributed by atoms with Gasteiger partial charge < -0.3 is 0 Å². The Labute approximate surface area is 122 Å². The Morgan fingerprint density at radius 3 is 2.65 bits per heavy atom. The van der Waals surface area contributed by atoms with Crippen molar-refractivity contribution < 1.29 is 4.92 Å². The molecule has 1 heterocycles. The molecule has 0 aliphatic carbocycles. The second-order valence-electron chi connectivity index (χ2n) is 5.94. The van der Waals surface area contributed by atoms with Gasteiger partial charge in [-0.05, 0) is 36.1 Å². The summed E-state index contributed by atoms with van der Waals surface area (Å²) in [5.41, 5.74) is 1.29. The van der Waals surface area contributed by atoms with Crippen molar-refractivity contribution in [3.63, 3.8) is 0 Å². The fraction of sp³-hybridized carbons (Fsp3) is 0.400. The number of benzene rings is 1. The van der Waals surface area contributed by atoms with E-state index in [9.17, 15) is 10.1 Å². The molecule has 0 radical (unpaired) electrons. The van der Waals surface area contributed by atoms with Crippen molar-refractivity contribution in [3.8, 4) is 0 Å². The van der Waals surface area contributed by atoms with Crippen LogP contribution in [-0.2, 0) is 6.42 Å². The Kier molecular flexibility index (Phi) is 3.95. The third-order valence-electron chi connectivity index (χ3n) is 3.36. The molecule has 0 bridgehead atoms. The molecule has 1 aromatic heterocycles. The molecule has 0 N–H and O–H groups in total. The van der Waals surface area contributed by atoms with Crippen LogP contribution in [0.1, 0.15) is 26.3 Å². The van der Waals surface area contributed by atoms with Crippen molar-refractivity contribution in [1.29, 1.82) is 0 Å². The predicted molar refractivity (Wildman–Crippen MR) is 81.2 cm³/mol. The quantitative estimate of drug-likeness (QED) is 0.480. The number of rotatable bonds is 3. The van der Waals surface area contributed by atoms with Crippen LogP contribution in [0.15, 0.2) is 30.5 Å². The van der Waals surface area contributed by atoms with E-state index in [4.69, 9.17) is 11.6 Å². The molecule has 0 aliphatic heterocycles. The average Bonchev–Trinajstić information content (AvgIpc) is 2.36. The van der Waals surface area contributed by atoms with Crippen molar-refractivity contribution in [2.75, 3.05) is 0 Å². The highest BCUT2D eigenvalue weighted by molar-refractivity contribution is 6.21. The van der Waals surface area contributed by atoms with Gasteiger partial charge in [-0.1, -0.05) is 20.8 Å². The number of hydrogen-bond acceptors (Lipinski definition) is 3. The lowest BCUT2D eigenvalue weighted by Gasteiger charge is -2.25. The molecule has 1 atom stereocenters.